The van der Waals surface area contributed by atoms with E-state index in [1.54, 1.807) is 6.20 Å². The Morgan fingerprint density at radius 3 is 2.62 bits per heavy atom. The van der Waals surface area contributed by atoms with Crippen LogP contribution in [0, 0.1) is 0 Å². The van der Waals surface area contributed by atoms with Gasteiger partial charge in [-0.05, 0) is 49.1 Å². The summed E-state index contributed by atoms with van der Waals surface area (Å²) in [7, 11) is 0. The number of hydrogen-bond donors (Lipinski definition) is 3. The molecule has 0 bridgehead atoms. The van der Waals surface area contributed by atoms with E-state index in [-0.39, 0.29) is 13.0 Å². The molecule has 0 amide bonds. The molecule has 1 fully saturated rings. The van der Waals surface area contributed by atoms with Crippen molar-refractivity contribution in [1.29, 1.82) is 0 Å². The van der Waals surface area contributed by atoms with E-state index in [0.717, 1.165) is 30.7 Å². The average molecular weight is 403 g/mol. The molecule has 1 aromatic heterocycles. The van der Waals surface area contributed by atoms with Crippen molar-refractivity contribution in [3.05, 3.63) is 59.9 Å². The first kappa shape index (κ1) is 21.7. The van der Waals surface area contributed by atoms with Crippen LogP contribution in [-0.2, 0) is 22.5 Å². The quantitative estimate of drug-likeness (QED) is 0.520. The summed E-state index contributed by atoms with van der Waals surface area (Å²) in [6.45, 7) is 0.654. The van der Waals surface area contributed by atoms with Gasteiger partial charge in [-0.15, -0.1) is 0 Å². The topological polar surface area (TPSA) is 101 Å². The second kappa shape index (κ2) is 11.2. The minimum absolute atomic E-state index is 0.203. The van der Waals surface area contributed by atoms with Gasteiger partial charge in [-0.3, -0.25) is 4.98 Å². The van der Waals surface area contributed by atoms with Crippen molar-refractivity contribution in [3.8, 4) is 5.75 Å². The smallest absolute Gasteiger partial charge is 0.186 e. The molecule has 2 heterocycles. The Kier molecular flexibility index (Phi) is 8.39. The lowest BCUT2D eigenvalue weighted by Crippen LogP contribution is -2.50. The molecule has 0 spiro atoms. The predicted octanol–water partition coefficient (Wildman–Crippen LogP) is 1.83. The number of ether oxygens (including phenoxy) is 3. The van der Waals surface area contributed by atoms with Gasteiger partial charge in [-0.2, -0.15) is 0 Å². The molecule has 7 nitrogen and oxygen atoms in total. The number of aliphatic hydroxyl groups excluding tert-OH is 3. The lowest BCUT2D eigenvalue weighted by Gasteiger charge is -2.36. The molecule has 1 aromatic carbocycles. The summed E-state index contributed by atoms with van der Waals surface area (Å²) in [6.07, 6.45) is 1.15. The number of pyridine rings is 1. The SMILES string of the molecule is OC[C@@H]1C[C@H](O)[C@@H](O)[C@H](OCCCCc2ccc(OCc3ccccn3)cc2)O1. The summed E-state index contributed by atoms with van der Waals surface area (Å²) in [5.41, 5.74) is 2.10. The lowest BCUT2D eigenvalue weighted by molar-refractivity contribution is -0.271. The van der Waals surface area contributed by atoms with Crippen LogP contribution in [-0.4, -0.2) is 58.1 Å². The largest absolute Gasteiger partial charge is 0.487 e. The monoisotopic (exact) mass is 403 g/mol. The first-order valence-corrected chi connectivity index (χ1v) is 10.0. The molecule has 158 valence electrons. The summed E-state index contributed by atoms with van der Waals surface area (Å²) in [5, 5.41) is 28.9. The zero-order valence-corrected chi connectivity index (χ0v) is 16.4. The van der Waals surface area contributed by atoms with Crippen molar-refractivity contribution in [2.75, 3.05) is 13.2 Å². The van der Waals surface area contributed by atoms with Crippen LogP contribution in [0.25, 0.3) is 0 Å². The van der Waals surface area contributed by atoms with Gasteiger partial charge in [0.15, 0.2) is 6.29 Å². The molecular weight excluding hydrogens is 374 g/mol. The highest BCUT2D eigenvalue weighted by Gasteiger charge is 2.36. The standard InChI is InChI=1S/C22H29NO6/c24-14-19-13-20(25)21(26)22(29-19)27-12-4-2-5-16-7-9-18(10-8-16)28-15-17-6-1-3-11-23-17/h1,3,6-11,19-22,24-26H,2,4-5,12-15H2/t19-,20-,21+,22+/m0/s1. The normalized spacial score (nSPS) is 24.4. The molecule has 3 rings (SSSR count). The number of aliphatic hydroxyl groups is 3. The molecular formula is C22H29NO6. The molecule has 4 atom stereocenters. The minimum Gasteiger partial charge on any atom is -0.487 e. The second-order valence-corrected chi connectivity index (χ2v) is 7.18. The predicted molar refractivity (Wildman–Crippen MR) is 106 cm³/mol. The Morgan fingerprint density at radius 1 is 1.07 bits per heavy atom. The van der Waals surface area contributed by atoms with E-state index in [2.05, 4.69) is 4.98 Å². The fourth-order valence-corrected chi connectivity index (χ4v) is 3.20. The third kappa shape index (κ3) is 6.76. The maximum absolute atomic E-state index is 9.93. The van der Waals surface area contributed by atoms with E-state index in [0.29, 0.717) is 13.2 Å². The van der Waals surface area contributed by atoms with E-state index in [1.807, 2.05) is 42.5 Å². The summed E-state index contributed by atoms with van der Waals surface area (Å²) >= 11 is 0. The summed E-state index contributed by atoms with van der Waals surface area (Å²) in [4.78, 5) is 4.23. The number of benzene rings is 1. The summed E-state index contributed by atoms with van der Waals surface area (Å²) < 4.78 is 16.7. The van der Waals surface area contributed by atoms with E-state index in [1.165, 1.54) is 5.56 Å². The average Bonchev–Trinajstić information content (AvgIpc) is 2.76. The van der Waals surface area contributed by atoms with Gasteiger partial charge in [-0.25, -0.2) is 0 Å². The molecule has 0 saturated carbocycles. The van der Waals surface area contributed by atoms with E-state index in [9.17, 15) is 15.3 Å². The van der Waals surface area contributed by atoms with Crippen LogP contribution in [0.3, 0.4) is 0 Å². The fraction of sp³-hybridized carbons (Fsp3) is 0.500. The Hall–Kier alpha value is -2.03. The van der Waals surface area contributed by atoms with Crippen LogP contribution in [0.4, 0.5) is 0 Å². The van der Waals surface area contributed by atoms with Gasteiger partial charge in [0.25, 0.3) is 0 Å². The van der Waals surface area contributed by atoms with Crippen molar-refractivity contribution in [3.63, 3.8) is 0 Å². The highest BCUT2D eigenvalue weighted by atomic mass is 16.7. The van der Waals surface area contributed by atoms with Gasteiger partial charge >= 0.3 is 0 Å². The molecule has 7 heteroatoms. The number of aryl methyl sites for hydroxylation is 1. The van der Waals surface area contributed by atoms with Crippen molar-refractivity contribution in [1.82, 2.24) is 4.98 Å². The van der Waals surface area contributed by atoms with Gasteiger partial charge in [-0.1, -0.05) is 18.2 Å². The Labute approximate surface area is 170 Å². The van der Waals surface area contributed by atoms with Gasteiger partial charge in [0.2, 0.25) is 0 Å². The van der Waals surface area contributed by atoms with Crippen LogP contribution >= 0.6 is 0 Å². The molecule has 29 heavy (non-hydrogen) atoms. The van der Waals surface area contributed by atoms with Crippen LogP contribution in [0.2, 0.25) is 0 Å². The highest BCUT2D eigenvalue weighted by Crippen LogP contribution is 2.21. The van der Waals surface area contributed by atoms with Gasteiger partial charge in [0.05, 0.1) is 24.5 Å². The van der Waals surface area contributed by atoms with Crippen LogP contribution < -0.4 is 4.74 Å². The number of hydrogen-bond acceptors (Lipinski definition) is 7. The first-order chi connectivity index (χ1) is 14.2. The zero-order chi connectivity index (χ0) is 20.5. The summed E-state index contributed by atoms with van der Waals surface area (Å²) in [6, 6.07) is 13.7. The Morgan fingerprint density at radius 2 is 1.90 bits per heavy atom. The first-order valence-electron chi connectivity index (χ1n) is 10.0. The zero-order valence-electron chi connectivity index (χ0n) is 16.4. The second-order valence-electron chi connectivity index (χ2n) is 7.18. The molecule has 0 aliphatic carbocycles. The van der Waals surface area contributed by atoms with Crippen molar-refractivity contribution < 1.29 is 29.5 Å². The third-order valence-corrected chi connectivity index (χ3v) is 4.89. The van der Waals surface area contributed by atoms with E-state index >= 15 is 0 Å². The number of rotatable bonds is 10. The number of nitrogens with zero attached hydrogens (tertiary/aromatic N) is 1. The van der Waals surface area contributed by atoms with Gasteiger partial charge in [0, 0.05) is 19.2 Å². The van der Waals surface area contributed by atoms with Crippen molar-refractivity contribution >= 4 is 0 Å². The molecule has 1 aliphatic rings. The number of unbranched alkanes of at least 4 members (excludes halogenated alkanes) is 1. The molecule has 3 N–H and O–H groups in total. The van der Waals surface area contributed by atoms with Crippen molar-refractivity contribution in [2.24, 2.45) is 0 Å². The maximum Gasteiger partial charge on any atom is 0.186 e. The molecule has 1 aliphatic heterocycles. The van der Waals surface area contributed by atoms with Gasteiger partial charge < -0.3 is 29.5 Å². The molecule has 2 aromatic rings. The highest BCUT2D eigenvalue weighted by molar-refractivity contribution is 5.27. The maximum atomic E-state index is 9.93. The summed E-state index contributed by atoms with van der Waals surface area (Å²) in [5.74, 6) is 0.808. The Bertz CT molecular complexity index is 711. The Balaban J connectivity index is 1.33. The molecule has 1 saturated heterocycles. The minimum atomic E-state index is -1.09. The third-order valence-electron chi connectivity index (χ3n) is 4.89. The van der Waals surface area contributed by atoms with Crippen LogP contribution in [0.15, 0.2) is 48.7 Å². The lowest BCUT2D eigenvalue weighted by atomic mass is 10.0. The molecule has 0 unspecified atom stereocenters. The van der Waals surface area contributed by atoms with Crippen LogP contribution in [0.5, 0.6) is 5.75 Å². The number of aromatic nitrogens is 1. The van der Waals surface area contributed by atoms with E-state index < -0.39 is 24.6 Å². The van der Waals surface area contributed by atoms with E-state index in [4.69, 9.17) is 14.2 Å². The molecule has 0 radical (unpaired) electrons. The fourth-order valence-electron chi connectivity index (χ4n) is 3.20. The van der Waals surface area contributed by atoms with Crippen molar-refractivity contribution in [2.45, 2.75) is 56.9 Å². The van der Waals surface area contributed by atoms with Gasteiger partial charge in [0.1, 0.15) is 18.5 Å². The van der Waals surface area contributed by atoms with Crippen LogP contribution in [0.1, 0.15) is 30.5 Å².